The zero-order chi connectivity index (χ0) is 15.1. The third-order valence-electron chi connectivity index (χ3n) is 3.20. The zero-order valence-corrected chi connectivity index (χ0v) is 14.1. The fourth-order valence-electron chi connectivity index (χ4n) is 2.34. The molecule has 0 aromatic carbocycles. The fourth-order valence-corrected chi connectivity index (χ4v) is 2.75. The van der Waals surface area contributed by atoms with Gasteiger partial charge in [0.25, 0.3) is 0 Å². The average Bonchev–Trinajstić information content (AvgIpc) is 2.79. The number of oxime groups is 1. The minimum Gasteiger partial charge on any atom is -0.444 e. The standard InChI is InChI=1S/C13H21BrN2O4/c1-12(2,3)19-11(17)16-8(7-18-13(16,4)5)9-6-10(14)15-20-9/h8-9H,6-7H2,1-5H3. The molecule has 0 saturated carbocycles. The molecule has 0 aromatic rings. The lowest BCUT2D eigenvalue weighted by atomic mass is 10.1. The van der Waals surface area contributed by atoms with Crippen molar-refractivity contribution in [2.24, 2.45) is 5.16 Å². The highest BCUT2D eigenvalue weighted by Gasteiger charge is 2.50. The summed E-state index contributed by atoms with van der Waals surface area (Å²) in [4.78, 5) is 19.4. The van der Waals surface area contributed by atoms with Gasteiger partial charge in [-0.25, -0.2) is 4.79 Å². The minimum atomic E-state index is -0.717. The third-order valence-corrected chi connectivity index (χ3v) is 3.66. The van der Waals surface area contributed by atoms with Gasteiger partial charge in [-0.1, -0.05) is 5.16 Å². The Morgan fingerprint density at radius 3 is 2.65 bits per heavy atom. The van der Waals surface area contributed by atoms with E-state index < -0.39 is 17.4 Å². The van der Waals surface area contributed by atoms with Crippen molar-refractivity contribution < 1.29 is 19.1 Å². The van der Waals surface area contributed by atoms with E-state index in [1.165, 1.54) is 0 Å². The molecule has 2 aliphatic heterocycles. The summed E-state index contributed by atoms with van der Waals surface area (Å²) < 4.78 is 12.0. The van der Waals surface area contributed by atoms with E-state index in [0.29, 0.717) is 13.0 Å². The molecular weight excluding hydrogens is 328 g/mol. The Morgan fingerprint density at radius 2 is 2.15 bits per heavy atom. The first-order valence-electron chi connectivity index (χ1n) is 6.64. The number of halogens is 1. The van der Waals surface area contributed by atoms with Crippen molar-refractivity contribution in [3.63, 3.8) is 0 Å². The number of amides is 1. The van der Waals surface area contributed by atoms with Crippen LogP contribution >= 0.6 is 15.9 Å². The van der Waals surface area contributed by atoms with Crippen LogP contribution in [0, 0.1) is 0 Å². The van der Waals surface area contributed by atoms with Gasteiger partial charge in [-0.2, -0.15) is 0 Å². The van der Waals surface area contributed by atoms with Crippen LogP contribution in [0.4, 0.5) is 4.79 Å². The lowest BCUT2D eigenvalue weighted by molar-refractivity contribution is -0.0700. The van der Waals surface area contributed by atoms with E-state index in [-0.39, 0.29) is 12.1 Å². The van der Waals surface area contributed by atoms with E-state index in [1.807, 2.05) is 34.6 Å². The highest BCUT2D eigenvalue weighted by Crippen LogP contribution is 2.34. The Hall–Kier alpha value is -0.820. The summed E-state index contributed by atoms with van der Waals surface area (Å²) >= 11 is 3.31. The molecule has 0 aliphatic carbocycles. The summed E-state index contributed by atoms with van der Waals surface area (Å²) in [6.45, 7) is 9.64. The number of carbonyl (C=O) groups is 1. The van der Waals surface area contributed by atoms with Gasteiger partial charge < -0.3 is 14.3 Å². The maximum Gasteiger partial charge on any atom is 0.413 e. The highest BCUT2D eigenvalue weighted by atomic mass is 79.9. The van der Waals surface area contributed by atoms with E-state index in [0.717, 1.165) is 4.62 Å². The van der Waals surface area contributed by atoms with Crippen LogP contribution in [0.1, 0.15) is 41.0 Å². The molecule has 2 rings (SSSR count). The number of hydrogen-bond acceptors (Lipinski definition) is 5. The number of rotatable bonds is 1. The second-order valence-corrected chi connectivity index (χ2v) is 7.41. The van der Waals surface area contributed by atoms with Gasteiger partial charge in [0.1, 0.15) is 22.0 Å². The molecule has 1 saturated heterocycles. The summed E-state index contributed by atoms with van der Waals surface area (Å²) in [5, 5.41) is 3.88. The molecule has 0 aromatic heterocycles. The van der Waals surface area contributed by atoms with Crippen LogP contribution in [0.5, 0.6) is 0 Å². The van der Waals surface area contributed by atoms with Gasteiger partial charge in [0.2, 0.25) is 0 Å². The molecule has 0 radical (unpaired) electrons. The second-order valence-electron chi connectivity index (χ2n) is 6.49. The first kappa shape index (κ1) is 15.6. The summed E-state index contributed by atoms with van der Waals surface area (Å²) in [5.41, 5.74) is -1.26. The molecular formula is C13H21BrN2O4. The Kier molecular flexibility index (Phi) is 4.03. The van der Waals surface area contributed by atoms with Crippen LogP contribution in [0.15, 0.2) is 5.16 Å². The van der Waals surface area contributed by atoms with Crippen molar-refractivity contribution in [2.75, 3.05) is 6.61 Å². The van der Waals surface area contributed by atoms with Crippen molar-refractivity contribution in [3.05, 3.63) is 0 Å². The molecule has 114 valence electrons. The van der Waals surface area contributed by atoms with E-state index in [9.17, 15) is 4.79 Å². The maximum absolute atomic E-state index is 12.4. The SMILES string of the molecule is CC(C)(C)OC(=O)N1C(C2CC(Br)=NO2)COC1(C)C. The van der Waals surface area contributed by atoms with Gasteiger partial charge in [0, 0.05) is 6.42 Å². The van der Waals surface area contributed by atoms with Gasteiger partial charge in [0.15, 0.2) is 6.10 Å². The molecule has 1 fully saturated rings. The van der Waals surface area contributed by atoms with Crippen LogP contribution in [0.25, 0.3) is 0 Å². The Balaban J connectivity index is 2.14. The summed E-state index contributed by atoms with van der Waals surface area (Å²) in [5.74, 6) is 0. The molecule has 2 aliphatic rings. The summed E-state index contributed by atoms with van der Waals surface area (Å²) in [7, 11) is 0. The van der Waals surface area contributed by atoms with Crippen molar-refractivity contribution >= 4 is 26.6 Å². The fraction of sp³-hybridized carbons (Fsp3) is 0.846. The molecule has 2 unspecified atom stereocenters. The monoisotopic (exact) mass is 348 g/mol. The van der Waals surface area contributed by atoms with Gasteiger partial charge >= 0.3 is 6.09 Å². The molecule has 0 spiro atoms. The molecule has 2 heterocycles. The van der Waals surface area contributed by atoms with E-state index in [1.54, 1.807) is 4.90 Å². The zero-order valence-electron chi connectivity index (χ0n) is 12.5. The number of carbonyl (C=O) groups excluding carboxylic acids is 1. The summed E-state index contributed by atoms with van der Waals surface area (Å²) in [6.07, 6.45) is 0.0268. The maximum atomic E-state index is 12.4. The predicted molar refractivity (Wildman–Crippen MR) is 77.7 cm³/mol. The van der Waals surface area contributed by atoms with Crippen LogP contribution in [-0.4, -0.2) is 45.7 Å². The van der Waals surface area contributed by atoms with Gasteiger partial charge in [-0.05, 0) is 50.5 Å². The molecule has 6 nitrogen and oxygen atoms in total. The normalized spacial score (nSPS) is 29.1. The topological polar surface area (TPSA) is 60.4 Å². The van der Waals surface area contributed by atoms with Gasteiger partial charge in [-0.15, -0.1) is 0 Å². The van der Waals surface area contributed by atoms with Crippen LogP contribution in [0.2, 0.25) is 0 Å². The Labute approximate surface area is 127 Å². The van der Waals surface area contributed by atoms with Gasteiger partial charge in [0.05, 0.1) is 6.61 Å². The molecule has 0 N–H and O–H groups in total. The lowest BCUT2D eigenvalue weighted by Crippen LogP contribution is -2.53. The largest absolute Gasteiger partial charge is 0.444 e. The van der Waals surface area contributed by atoms with Crippen molar-refractivity contribution in [1.82, 2.24) is 4.90 Å². The van der Waals surface area contributed by atoms with Crippen molar-refractivity contribution in [2.45, 2.75) is 64.5 Å². The smallest absolute Gasteiger partial charge is 0.413 e. The van der Waals surface area contributed by atoms with Crippen molar-refractivity contribution in [1.29, 1.82) is 0 Å². The molecule has 20 heavy (non-hydrogen) atoms. The summed E-state index contributed by atoms with van der Waals surface area (Å²) in [6, 6.07) is -0.210. The molecule has 0 bridgehead atoms. The number of ether oxygens (including phenoxy) is 2. The molecule has 2 atom stereocenters. The third kappa shape index (κ3) is 3.25. The Bertz CT molecular complexity index is 431. The Morgan fingerprint density at radius 1 is 1.50 bits per heavy atom. The van der Waals surface area contributed by atoms with E-state index >= 15 is 0 Å². The lowest BCUT2D eigenvalue weighted by Gasteiger charge is -2.36. The minimum absolute atomic E-state index is 0.210. The second kappa shape index (κ2) is 5.18. The highest BCUT2D eigenvalue weighted by molar-refractivity contribution is 9.18. The predicted octanol–water partition coefficient (Wildman–Crippen LogP) is 2.86. The first-order chi connectivity index (χ1) is 9.10. The molecule has 1 amide bonds. The van der Waals surface area contributed by atoms with Crippen molar-refractivity contribution in [3.8, 4) is 0 Å². The van der Waals surface area contributed by atoms with E-state index in [2.05, 4.69) is 21.1 Å². The number of hydrogen-bond donors (Lipinski definition) is 0. The molecule has 7 heteroatoms. The first-order valence-corrected chi connectivity index (χ1v) is 7.44. The number of nitrogens with zero attached hydrogens (tertiary/aromatic N) is 2. The quantitative estimate of drug-likeness (QED) is 0.730. The average molecular weight is 349 g/mol. The van der Waals surface area contributed by atoms with E-state index in [4.69, 9.17) is 14.3 Å². The van der Waals surface area contributed by atoms with Crippen LogP contribution in [0.3, 0.4) is 0 Å². The van der Waals surface area contributed by atoms with Gasteiger partial charge in [-0.3, -0.25) is 4.90 Å². The van der Waals surface area contributed by atoms with Crippen LogP contribution < -0.4 is 0 Å². The van der Waals surface area contributed by atoms with Crippen LogP contribution in [-0.2, 0) is 14.3 Å².